The van der Waals surface area contributed by atoms with Crippen LogP contribution in [0.15, 0.2) is 17.4 Å². The fraction of sp³-hybridized carbons (Fsp3) is 0.769. The van der Waals surface area contributed by atoms with Gasteiger partial charge in [-0.05, 0) is 18.9 Å². The molecule has 1 aliphatic carbocycles. The van der Waals surface area contributed by atoms with Crippen LogP contribution in [-0.4, -0.2) is 5.71 Å². The molecule has 2 aliphatic rings. The van der Waals surface area contributed by atoms with Crippen molar-refractivity contribution in [1.29, 1.82) is 0 Å². The van der Waals surface area contributed by atoms with Crippen molar-refractivity contribution >= 4 is 5.71 Å². The molecule has 2 heteroatoms. The van der Waals surface area contributed by atoms with Gasteiger partial charge in [0.2, 0.25) is 0 Å². The van der Waals surface area contributed by atoms with Gasteiger partial charge in [-0.2, -0.15) is 10.5 Å². The SMILES string of the molecule is CC1(C2=N[N]C=C2)CCCCCCCC1. The molecule has 0 atom stereocenters. The van der Waals surface area contributed by atoms with E-state index in [-0.39, 0.29) is 0 Å². The first-order chi connectivity index (χ1) is 7.31. The first-order valence-electron chi connectivity index (χ1n) is 6.26. The second-order valence-corrected chi connectivity index (χ2v) is 5.10. The molecule has 1 aliphatic heterocycles. The van der Waals surface area contributed by atoms with E-state index in [0.717, 1.165) is 0 Å². The minimum absolute atomic E-state index is 0.292. The average Bonchev–Trinajstić information content (AvgIpc) is 2.75. The van der Waals surface area contributed by atoms with Gasteiger partial charge in [-0.15, -0.1) is 0 Å². The van der Waals surface area contributed by atoms with Gasteiger partial charge < -0.3 is 0 Å². The second kappa shape index (κ2) is 4.82. The lowest BCUT2D eigenvalue weighted by molar-refractivity contribution is 0.375. The van der Waals surface area contributed by atoms with Crippen LogP contribution >= 0.6 is 0 Å². The Morgan fingerprint density at radius 1 is 1.00 bits per heavy atom. The monoisotopic (exact) mass is 205 g/mol. The molecule has 1 radical (unpaired) electrons. The molecule has 1 heterocycles. The third kappa shape index (κ3) is 2.61. The maximum Gasteiger partial charge on any atom is 0.0705 e. The Morgan fingerprint density at radius 3 is 2.13 bits per heavy atom. The van der Waals surface area contributed by atoms with Crippen LogP contribution in [0.25, 0.3) is 0 Å². The maximum absolute atomic E-state index is 4.26. The van der Waals surface area contributed by atoms with Gasteiger partial charge in [-0.3, -0.25) is 0 Å². The van der Waals surface area contributed by atoms with E-state index >= 15 is 0 Å². The van der Waals surface area contributed by atoms with Crippen molar-refractivity contribution in [3.63, 3.8) is 0 Å². The Kier molecular flexibility index (Phi) is 3.45. The van der Waals surface area contributed by atoms with Gasteiger partial charge >= 0.3 is 0 Å². The summed E-state index contributed by atoms with van der Waals surface area (Å²) in [6.45, 7) is 2.36. The number of nitrogens with zero attached hydrogens (tertiary/aromatic N) is 2. The van der Waals surface area contributed by atoms with Gasteiger partial charge in [-0.1, -0.05) is 45.4 Å². The van der Waals surface area contributed by atoms with Crippen molar-refractivity contribution in [1.82, 2.24) is 5.43 Å². The molecule has 0 N–H and O–H groups in total. The summed E-state index contributed by atoms with van der Waals surface area (Å²) >= 11 is 0. The Hall–Kier alpha value is -0.790. The molecule has 0 aromatic rings. The van der Waals surface area contributed by atoms with E-state index < -0.39 is 0 Å². The highest BCUT2D eigenvalue weighted by molar-refractivity contribution is 6.00. The molecule has 15 heavy (non-hydrogen) atoms. The van der Waals surface area contributed by atoms with E-state index in [1.54, 1.807) is 0 Å². The molecule has 83 valence electrons. The van der Waals surface area contributed by atoms with Crippen LogP contribution in [0.1, 0.15) is 58.3 Å². The summed E-state index contributed by atoms with van der Waals surface area (Å²) in [5.41, 5.74) is 5.47. The third-order valence-electron chi connectivity index (χ3n) is 3.79. The highest BCUT2D eigenvalue weighted by Crippen LogP contribution is 2.35. The average molecular weight is 205 g/mol. The van der Waals surface area contributed by atoms with Crippen LogP contribution < -0.4 is 5.43 Å². The summed E-state index contributed by atoms with van der Waals surface area (Å²) < 4.78 is 0. The van der Waals surface area contributed by atoms with Gasteiger partial charge in [0.05, 0.1) is 11.9 Å². The summed E-state index contributed by atoms with van der Waals surface area (Å²) in [7, 11) is 0. The predicted octanol–water partition coefficient (Wildman–Crippen LogP) is 3.61. The van der Waals surface area contributed by atoms with Crippen LogP contribution in [0.2, 0.25) is 0 Å². The van der Waals surface area contributed by atoms with Gasteiger partial charge in [0.1, 0.15) is 0 Å². The minimum Gasteiger partial charge on any atom is -0.159 e. The zero-order valence-corrected chi connectivity index (χ0v) is 9.71. The third-order valence-corrected chi connectivity index (χ3v) is 3.79. The summed E-state index contributed by atoms with van der Waals surface area (Å²) in [6, 6.07) is 0. The zero-order chi connectivity index (χ0) is 10.6. The van der Waals surface area contributed by atoms with Crippen LogP contribution in [-0.2, 0) is 0 Å². The molecule has 0 spiro atoms. The van der Waals surface area contributed by atoms with E-state index in [2.05, 4.69) is 23.5 Å². The molecule has 0 amide bonds. The molecule has 0 bridgehead atoms. The number of hydrogen-bond donors (Lipinski definition) is 0. The molecule has 0 aromatic carbocycles. The van der Waals surface area contributed by atoms with Crippen molar-refractivity contribution < 1.29 is 0 Å². The standard InChI is InChI=1S/C13H21N2/c1-13(12-8-11-14-15-12)9-6-4-2-3-5-7-10-13/h8,11H,2-7,9-10H2,1H3. The topological polar surface area (TPSA) is 26.5 Å². The Balaban J connectivity index is 2.04. The van der Waals surface area contributed by atoms with Crippen molar-refractivity contribution in [3.8, 4) is 0 Å². The fourth-order valence-electron chi connectivity index (χ4n) is 2.67. The van der Waals surface area contributed by atoms with Gasteiger partial charge in [0, 0.05) is 5.41 Å². The molecule has 2 nitrogen and oxygen atoms in total. The second-order valence-electron chi connectivity index (χ2n) is 5.10. The summed E-state index contributed by atoms with van der Waals surface area (Å²) in [4.78, 5) is 0. The van der Waals surface area contributed by atoms with Crippen molar-refractivity contribution in [2.45, 2.75) is 58.3 Å². The summed E-state index contributed by atoms with van der Waals surface area (Å²) in [5.74, 6) is 0. The maximum atomic E-state index is 4.26. The van der Waals surface area contributed by atoms with Crippen molar-refractivity contribution in [3.05, 3.63) is 12.3 Å². The van der Waals surface area contributed by atoms with Crippen LogP contribution in [0.4, 0.5) is 0 Å². The smallest absolute Gasteiger partial charge is 0.0705 e. The normalized spacial score (nSPS) is 26.1. The lowest BCUT2D eigenvalue weighted by Gasteiger charge is -2.28. The molecule has 2 rings (SSSR count). The molecule has 0 aromatic heterocycles. The lowest BCUT2D eigenvalue weighted by Crippen LogP contribution is -2.25. The van der Waals surface area contributed by atoms with Gasteiger partial charge in [0.15, 0.2) is 0 Å². The highest BCUT2D eigenvalue weighted by Gasteiger charge is 2.30. The van der Waals surface area contributed by atoms with Crippen molar-refractivity contribution in [2.24, 2.45) is 10.5 Å². The highest BCUT2D eigenvalue weighted by atomic mass is 15.3. The molecule has 1 saturated carbocycles. The molecule has 0 unspecified atom stereocenters. The van der Waals surface area contributed by atoms with E-state index in [1.807, 2.05) is 6.20 Å². The molecular formula is C13H21N2. The van der Waals surface area contributed by atoms with Crippen LogP contribution in [0.5, 0.6) is 0 Å². The van der Waals surface area contributed by atoms with E-state index in [0.29, 0.717) is 5.41 Å². The zero-order valence-electron chi connectivity index (χ0n) is 9.71. The minimum atomic E-state index is 0.292. The first-order valence-corrected chi connectivity index (χ1v) is 6.26. The number of hydrogen-bond acceptors (Lipinski definition) is 1. The predicted molar refractivity (Wildman–Crippen MR) is 63.8 cm³/mol. The van der Waals surface area contributed by atoms with E-state index in [4.69, 9.17) is 0 Å². The number of rotatable bonds is 1. The Morgan fingerprint density at radius 2 is 1.60 bits per heavy atom. The van der Waals surface area contributed by atoms with Crippen LogP contribution in [0.3, 0.4) is 0 Å². The molecule has 1 fully saturated rings. The van der Waals surface area contributed by atoms with Gasteiger partial charge in [-0.25, -0.2) is 0 Å². The largest absolute Gasteiger partial charge is 0.159 e. The fourth-order valence-corrected chi connectivity index (χ4v) is 2.67. The summed E-state index contributed by atoms with van der Waals surface area (Å²) in [5, 5.41) is 4.26. The Bertz CT molecular complexity index is 256. The van der Waals surface area contributed by atoms with Crippen molar-refractivity contribution in [2.75, 3.05) is 0 Å². The first kappa shape index (κ1) is 10.7. The van der Waals surface area contributed by atoms with E-state index in [1.165, 1.54) is 57.1 Å². The molecular weight excluding hydrogens is 184 g/mol. The number of allylic oxidation sites excluding steroid dienone is 1. The van der Waals surface area contributed by atoms with E-state index in [9.17, 15) is 0 Å². The quantitative estimate of drug-likeness (QED) is 0.625. The lowest BCUT2D eigenvalue weighted by atomic mass is 9.76. The van der Waals surface area contributed by atoms with Crippen LogP contribution in [0, 0.1) is 5.41 Å². The van der Waals surface area contributed by atoms with Gasteiger partial charge in [0.25, 0.3) is 0 Å². The Labute approximate surface area is 92.8 Å². The summed E-state index contributed by atoms with van der Waals surface area (Å²) in [6.07, 6.45) is 14.8. The molecule has 0 saturated heterocycles.